The van der Waals surface area contributed by atoms with Crippen molar-refractivity contribution in [2.24, 2.45) is 0 Å². The summed E-state index contributed by atoms with van der Waals surface area (Å²) in [5.74, 6) is 0.0547. The monoisotopic (exact) mass is 481 g/mol. The summed E-state index contributed by atoms with van der Waals surface area (Å²) in [5, 5.41) is 0. The first kappa shape index (κ1) is 23.4. The minimum atomic E-state index is -4.57. The third kappa shape index (κ3) is 4.80. The fourth-order valence-corrected chi connectivity index (χ4v) is 5.57. The van der Waals surface area contributed by atoms with Crippen molar-refractivity contribution in [1.82, 2.24) is 4.90 Å². The van der Waals surface area contributed by atoms with Gasteiger partial charge >= 0.3 is 6.18 Å². The SMILES string of the molecule is CC1(C)CN(CC(=O)N2CCCC2)c2ccc(S(=O)(=O)Nc3cccc(C(F)(F)F)c3)cc21. The molecule has 0 atom stereocenters. The number of nitrogens with zero attached hydrogens (tertiary/aromatic N) is 2. The highest BCUT2D eigenvalue weighted by atomic mass is 32.2. The number of anilines is 2. The maximum atomic E-state index is 13.0. The van der Waals surface area contributed by atoms with Crippen LogP contribution in [0.15, 0.2) is 47.4 Å². The van der Waals surface area contributed by atoms with Crippen molar-refractivity contribution in [2.45, 2.75) is 43.2 Å². The first-order chi connectivity index (χ1) is 15.4. The zero-order valence-electron chi connectivity index (χ0n) is 18.4. The zero-order valence-corrected chi connectivity index (χ0v) is 19.3. The van der Waals surface area contributed by atoms with E-state index in [0.717, 1.165) is 55.4 Å². The number of carbonyl (C=O) groups is 1. The Bertz CT molecular complexity index is 1170. The van der Waals surface area contributed by atoms with Gasteiger partial charge in [0.15, 0.2) is 0 Å². The van der Waals surface area contributed by atoms with Crippen molar-refractivity contribution in [3.05, 3.63) is 53.6 Å². The summed E-state index contributed by atoms with van der Waals surface area (Å²) in [5.41, 5.74) is 0.0789. The molecule has 0 unspecified atom stereocenters. The van der Waals surface area contributed by atoms with Gasteiger partial charge in [0.25, 0.3) is 10.0 Å². The number of sulfonamides is 1. The van der Waals surface area contributed by atoms with Gasteiger partial charge in [0, 0.05) is 36.4 Å². The second kappa shape index (κ2) is 8.23. The van der Waals surface area contributed by atoms with Crippen LogP contribution in [0, 0.1) is 0 Å². The number of carbonyl (C=O) groups excluding carboxylic acids is 1. The van der Waals surface area contributed by atoms with Crippen LogP contribution in [0.2, 0.25) is 0 Å². The average Bonchev–Trinajstić information content (AvgIpc) is 3.34. The van der Waals surface area contributed by atoms with Gasteiger partial charge in [0.1, 0.15) is 0 Å². The van der Waals surface area contributed by atoms with Crippen LogP contribution >= 0.6 is 0 Å². The number of rotatable bonds is 5. The van der Waals surface area contributed by atoms with Crippen molar-refractivity contribution in [2.75, 3.05) is 35.8 Å². The van der Waals surface area contributed by atoms with E-state index in [0.29, 0.717) is 6.54 Å². The van der Waals surface area contributed by atoms with E-state index in [1.807, 2.05) is 23.6 Å². The standard InChI is InChI=1S/C23H26F3N3O3S/c1-22(2)15-29(14-21(30)28-10-3-4-11-28)20-9-8-18(13-19(20)22)33(31,32)27-17-7-5-6-16(12-17)23(24,25)26/h5-9,12-13,27H,3-4,10-11,14-15H2,1-2H3. The predicted molar refractivity (Wildman–Crippen MR) is 120 cm³/mol. The highest BCUT2D eigenvalue weighted by Crippen LogP contribution is 2.41. The maximum absolute atomic E-state index is 13.0. The van der Waals surface area contributed by atoms with Crippen molar-refractivity contribution >= 4 is 27.3 Å². The van der Waals surface area contributed by atoms with Crippen LogP contribution in [-0.4, -0.2) is 45.4 Å². The summed E-state index contributed by atoms with van der Waals surface area (Å²) >= 11 is 0. The van der Waals surface area contributed by atoms with E-state index >= 15 is 0 Å². The first-order valence-corrected chi connectivity index (χ1v) is 12.2. The third-order valence-electron chi connectivity index (χ3n) is 6.16. The molecule has 1 amide bonds. The van der Waals surface area contributed by atoms with Crippen molar-refractivity contribution < 1.29 is 26.4 Å². The van der Waals surface area contributed by atoms with E-state index in [2.05, 4.69) is 4.72 Å². The highest BCUT2D eigenvalue weighted by Gasteiger charge is 2.37. The summed E-state index contributed by atoms with van der Waals surface area (Å²) in [6.07, 6.45) is -2.56. The summed E-state index contributed by atoms with van der Waals surface area (Å²) in [4.78, 5) is 16.4. The predicted octanol–water partition coefficient (Wildman–Crippen LogP) is 4.23. The summed E-state index contributed by atoms with van der Waals surface area (Å²) in [6.45, 7) is 6.27. The van der Waals surface area contributed by atoms with E-state index in [1.165, 1.54) is 12.1 Å². The molecule has 2 aromatic rings. The molecule has 4 rings (SSSR count). The minimum absolute atomic E-state index is 0.0422. The van der Waals surface area contributed by atoms with E-state index in [-0.39, 0.29) is 23.0 Å². The second-order valence-electron chi connectivity index (χ2n) is 9.19. The van der Waals surface area contributed by atoms with Crippen molar-refractivity contribution in [1.29, 1.82) is 0 Å². The van der Waals surface area contributed by atoms with Gasteiger partial charge in [-0.3, -0.25) is 9.52 Å². The molecule has 178 valence electrons. The summed E-state index contributed by atoms with van der Waals surface area (Å²) in [7, 11) is -4.11. The van der Waals surface area contributed by atoms with Gasteiger partial charge in [-0.15, -0.1) is 0 Å². The topological polar surface area (TPSA) is 69.7 Å². The van der Waals surface area contributed by atoms with Crippen LogP contribution in [0.5, 0.6) is 0 Å². The molecule has 2 aliphatic rings. The smallest absolute Gasteiger partial charge is 0.361 e. The number of hydrogen-bond donors (Lipinski definition) is 1. The van der Waals surface area contributed by atoms with Crippen molar-refractivity contribution in [3.63, 3.8) is 0 Å². The van der Waals surface area contributed by atoms with E-state index < -0.39 is 27.2 Å². The van der Waals surface area contributed by atoms with E-state index in [4.69, 9.17) is 0 Å². The number of alkyl halides is 3. The van der Waals surface area contributed by atoms with E-state index in [1.54, 1.807) is 12.1 Å². The Morgan fingerprint density at radius 2 is 1.79 bits per heavy atom. The largest absolute Gasteiger partial charge is 0.416 e. The lowest BCUT2D eigenvalue weighted by atomic mass is 9.87. The van der Waals surface area contributed by atoms with Crippen LogP contribution in [0.3, 0.4) is 0 Å². The lowest BCUT2D eigenvalue weighted by Gasteiger charge is -2.24. The van der Waals surface area contributed by atoms with Gasteiger partial charge in [-0.25, -0.2) is 8.42 Å². The molecule has 10 heteroatoms. The molecule has 0 aromatic heterocycles. The van der Waals surface area contributed by atoms with Gasteiger partial charge in [-0.1, -0.05) is 19.9 Å². The molecule has 2 heterocycles. The molecule has 2 aliphatic heterocycles. The fraction of sp³-hybridized carbons (Fsp3) is 0.435. The molecule has 0 bridgehead atoms. The van der Waals surface area contributed by atoms with Gasteiger partial charge in [-0.2, -0.15) is 13.2 Å². The Hall–Kier alpha value is -2.75. The number of amides is 1. The summed E-state index contributed by atoms with van der Waals surface area (Å²) < 4.78 is 67.1. The molecule has 0 aliphatic carbocycles. The zero-order chi connectivity index (χ0) is 24.0. The molecule has 1 saturated heterocycles. The highest BCUT2D eigenvalue weighted by molar-refractivity contribution is 7.92. The Kier molecular flexibility index (Phi) is 5.84. The molecule has 1 fully saturated rings. The molecule has 33 heavy (non-hydrogen) atoms. The lowest BCUT2D eigenvalue weighted by molar-refractivity contribution is -0.137. The third-order valence-corrected chi connectivity index (χ3v) is 7.54. The molecule has 2 aromatic carbocycles. The van der Waals surface area contributed by atoms with Crippen LogP contribution in [0.25, 0.3) is 0 Å². The molecular weight excluding hydrogens is 455 g/mol. The Morgan fingerprint density at radius 1 is 1.09 bits per heavy atom. The first-order valence-electron chi connectivity index (χ1n) is 10.7. The molecule has 1 N–H and O–H groups in total. The van der Waals surface area contributed by atoms with Crippen LogP contribution in [0.1, 0.15) is 37.8 Å². The van der Waals surface area contributed by atoms with E-state index in [9.17, 15) is 26.4 Å². The van der Waals surface area contributed by atoms with Crippen LogP contribution in [-0.2, 0) is 26.4 Å². The quantitative estimate of drug-likeness (QED) is 0.694. The van der Waals surface area contributed by atoms with Gasteiger partial charge in [-0.05, 0) is 54.8 Å². The number of nitrogens with one attached hydrogen (secondary N) is 1. The molecule has 0 radical (unpaired) electrons. The van der Waals surface area contributed by atoms with Crippen LogP contribution < -0.4 is 9.62 Å². The number of halogens is 3. The summed E-state index contributed by atoms with van der Waals surface area (Å²) in [6, 6.07) is 8.71. The van der Waals surface area contributed by atoms with Gasteiger partial charge in [0.05, 0.1) is 17.0 Å². The maximum Gasteiger partial charge on any atom is 0.416 e. The Morgan fingerprint density at radius 3 is 2.45 bits per heavy atom. The second-order valence-corrected chi connectivity index (χ2v) is 10.9. The fourth-order valence-electron chi connectivity index (χ4n) is 4.49. The molecular formula is C23H26F3N3O3S. The molecule has 6 nitrogen and oxygen atoms in total. The number of benzene rings is 2. The molecule has 0 saturated carbocycles. The Balaban J connectivity index is 1.58. The number of hydrogen-bond acceptors (Lipinski definition) is 4. The number of fused-ring (bicyclic) bond motifs is 1. The average molecular weight is 482 g/mol. The normalized spacial score (nSPS) is 17.8. The van der Waals surface area contributed by atoms with Gasteiger partial charge in [0.2, 0.25) is 5.91 Å². The van der Waals surface area contributed by atoms with Gasteiger partial charge < -0.3 is 9.80 Å². The lowest BCUT2D eigenvalue weighted by Crippen LogP contribution is -2.40. The number of likely N-dealkylation sites (tertiary alicyclic amines) is 1. The van der Waals surface area contributed by atoms with Crippen molar-refractivity contribution in [3.8, 4) is 0 Å². The van der Waals surface area contributed by atoms with Crippen LogP contribution in [0.4, 0.5) is 24.5 Å². The Labute approximate surface area is 191 Å². The molecule has 0 spiro atoms. The minimum Gasteiger partial charge on any atom is -0.361 e.